The molecule has 3 N–H and O–H groups in total. The summed E-state index contributed by atoms with van der Waals surface area (Å²) in [7, 11) is 1.66. The smallest absolute Gasteiger partial charge is 0.239 e. The van der Waals surface area contributed by atoms with E-state index in [2.05, 4.69) is 20.8 Å². The van der Waals surface area contributed by atoms with Gasteiger partial charge in [0, 0.05) is 29.6 Å². The number of aryl methyl sites for hydroxylation is 1. The Bertz CT molecular complexity index is 1880. The van der Waals surface area contributed by atoms with Crippen molar-refractivity contribution in [2.45, 2.75) is 26.8 Å². The van der Waals surface area contributed by atoms with E-state index >= 15 is 0 Å². The molecule has 0 unspecified atom stereocenters. The van der Waals surface area contributed by atoms with Gasteiger partial charge in [0.2, 0.25) is 11.8 Å². The van der Waals surface area contributed by atoms with E-state index in [4.69, 9.17) is 21.3 Å². The number of rotatable bonds is 7. The molecule has 2 amide bonds. The molecule has 1 aliphatic rings. The molecule has 0 bridgehead atoms. The van der Waals surface area contributed by atoms with Crippen molar-refractivity contribution in [2.75, 3.05) is 20.2 Å². The highest BCUT2D eigenvalue weighted by Crippen LogP contribution is 2.29. The van der Waals surface area contributed by atoms with Crippen LogP contribution >= 0.6 is 11.6 Å². The highest BCUT2D eigenvalue weighted by Gasteiger charge is 2.22. The number of phenolic OH excluding ortho intramolecular Hbond substituents is 1. The van der Waals surface area contributed by atoms with Crippen LogP contribution < -0.4 is 15.4 Å². The Morgan fingerprint density at radius 3 is 2.47 bits per heavy atom. The fraction of sp³-hybridized carbons (Fsp3) is 0.206. The molecule has 4 aromatic carbocycles. The van der Waals surface area contributed by atoms with E-state index < -0.39 is 0 Å². The van der Waals surface area contributed by atoms with Gasteiger partial charge in [0.1, 0.15) is 23.9 Å². The zero-order valence-electron chi connectivity index (χ0n) is 25.2. The van der Waals surface area contributed by atoms with Crippen LogP contribution in [0.1, 0.15) is 35.3 Å². The van der Waals surface area contributed by atoms with Crippen LogP contribution in [0, 0.1) is 6.92 Å². The largest absolute Gasteiger partial charge is 0.508 e. The van der Waals surface area contributed by atoms with Gasteiger partial charge in [-0.2, -0.15) is 0 Å². The van der Waals surface area contributed by atoms with Gasteiger partial charge >= 0.3 is 0 Å². The molecule has 5 aromatic rings. The number of halogens is 1. The first-order valence-corrected chi connectivity index (χ1v) is 14.7. The Hall–Kier alpha value is -5.22. The Morgan fingerprint density at radius 1 is 0.956 bits per heavy atom. The van der Waals surface area contributed by atoms with Gasteiger partial charge in [-0.3, -0.25) is 19.1 Å². The van der Waals surface area contributed by atoms with Crippen LogP contribution in [-0.4, -0.2) is 57.6 Å². The molecule has 0 radical (unpaired) electrons. The fourth-order valence-corrected chi connectivity index (χ4v) is 5.12. The van der Waals surface area contributed by atoms with Gasteiger partial charge in [0.25, 0.3) is 0 Å². The molecule has 0 aliphatic carbocycles. The molecular weight excluding hydrogens is 592 g/mol. The molecule has 0 saturated carbocycles. The van der Waals surface area contributed by atoms with E-state index in [-0.39, 0.29) is 24.1 Å². The van der Waals surface area contributed by atoms with Gasteiger partial charge in [-0.1, -0.05) is 48.0 Å². The number of ether oxygens (including phenoxy) is 1. The average molecular weight is 625 g/mol. The Morgan fingerprint density at radius 2 is 1.71 bits per heavy atom. The second-order valence-electron chi connectivity index (χ2n) is 10.4. The molecule has 1 aromatic heterocycles. The van der Waals surface area contributed by atoms with Crippen molar-refractivity contribution in [3.63, 3.8) is 0 Å². The number of amides is 2. The van der Waals surface area contributed by atoms with E-state index in [0.717, 1.165) is 56.3 Å². The summed E-state index contributed by atoms with van der Waals surface area (Å²) in [5.74, 6) is 2.27. The number of carbonyl (C=O) groups is 2. The van der Waals surface area contributed by atoms with E-state index in [1.165, 1.54) is 6.92 Å². The zero-order chi connectivity index (χ0) is 31.9. The van der Waals surface area contributed by atoms with Gasteiger partial charge in [-0.25, -0.2) is 0 Å². The molecule has 0 spiro atoms. The molecule has 0 saturated heterocycles. The number of methoxy groups -OCH3 is 1. The summed E-state index contributed by atoms with van der Waals surface area (Å²) in [4.78, 5) is 26.9. The molecule has 10 nitrogen and oxygen atoms in total. The molecule has 0 fully saturated rings. The summed E-state index contributed by atoms with van der Waals surface area (Å²) in [6.07, 6.45) is 0.711. The lowest BCUT2D eigenvalue weighted by molar-refractivity contribution is -0.125. The number of fused-ring (bicyclic) bond motifs is 4. The quantitative estimate of drug-likeness (QED) is 0.235. The van der Waals surface area contributed by atoms with Crippen LogP contribution in [-0.2, 0) is 22.6 Å². The third kappa shape index (κ3) is 7.66. The first-order chi connectivity index (χ1) is 21.7. The Kier molecular flexibility index (Phi) is 9.74. The van der Waals surface area contributed by atoms with Crippen molar-refractivity contribution in [1.29, 1.82) is 0 Å². The molecule has 1 aliphatic heterocycles. The van der Waals surface area contributed by atoms with Crippen molar-refractivity contribution < 1.29 is 19.4 Å². The van der Waals surface area contributed by atoms with Gasteiger partial charge < -0.3 is 20.5 Å². The average Bonchev–Trinajstić information content (AvgIpc) is 3.31. The second-order valence-corrected chi connectivity index (χ2v) is 10.9. The van der Waals surface area contributed by atoms with Crippen molar-refractivity contribution >= 4 is 39.9 Å². The summed E-state index contributed by atoms with van der Waals surface area (Å²) in [5, 5.41) is 25.8. The molecular formula is C34H33ClN6O4. The SMILES string of the molecule is CC(=O)NCC(=O)NCCc1ccc2cc(O)ccc2c1.COc1ccc2c(c1)C(c1ccc(Cl)cc1)=NCc1nnc(C)n1-2. The topological polar surface area (TPSA) is 131 Å². The predicted octanol–water partition coefficient (Wildman–Crippen LogP) is 4.93. The number of phenols is 1. The lowest BCUT2D eigenvalue weighted by Gasteiger charge is -2.14. The molecule has 11 heteroatoms. The number of aliphatic imine (C=N–C) groups is 1. The van der Waals surface area contributed by atoms with Gasteiger partial charge in [-0.05, 0) is 72.1 Å². The maximum Gasteiger partial charge on any atom is 0.239 e. The number of hydrogen-bond donors (Lipinski definition) is 3. The monoisotopic (exact) mass is 624 g/mol. The zero-order valence-corrected chi connectivity index (χ0v) is 25.9. The number of hydrogen-bond acceptors (Lipinski definition) is 7. The summed E-state index contributed by atoms with van der Waals surface area (Å²) in [6, 6.07) is 24.8. The third-order valence-electron chi connectivity index (χ3n) is 7.21. The molecule has 45 heavy (non-hydrogen) atoms. The molecule has 2 heterocycles. The normalized spacial score (nSPS) is 11.7. The maximum absolute atomic E-state index is 11.4. The summed E-state index contributed by atoms with van der Waals surface area (Å²) >= 11 is 6.02. The number of carbonyl (C=O) groups excluding carboxylic acids is 2. The number of nitrogens with one attached hydrogen (secondary N) is 2. The predicted molar refractivity (Wildman–Crippen MR) is 174 cm³/mol. The molecule has 6 rings (SSSR count). The first kappa shape index (κ1) is 31.2. The van der Waals surface area contributed by atoms with Crippen molar-refractivity contribution in [3.05, 3.63) is 112 Å². The number of nitrogens with zero attached hydrogens (tertiary/aromatic N) is 4. The highest BCUT2D eigenvalue weighted by molar-refractivity contribution is 6.30. The second kappa shape index (κ2) is 14.0. The van der Waals surface area contributed by atoms with E-state index in [1.54, 1.807) is 19.2 Å². The highest BCUT2D eigenvalue weighted by atomic mass is 35.5. The van der Waals surface area contributed by atoms with Gasteiger partial charge in [0.05, 0.1) is 25.1 Å². The minimum atomic E-state index is -0.220. The summed E-state index contributed by atoms with van der Waals surface area (Å²) in [6.45, 7) is 4.31. The summed E-state index contributed by atoms with van der Waals surface area (Å²) < 4.78 is 7.45. The Balaban J connectivity index is 0.000000180. The van der Waals surface area contributed by atoms with Crippen LogP contribution in [0.5, 0.6) is 11.5 Å². The maximum atomic E-state index is 11.4. The third-order valence-corrected chi connectivity index (χ3v) is 7.46. The van der Waals surface area contributed by atoms with Crippen molar-refractivity contribution in [2.24, 2.45) is 4.99 Å². The van der Waals surface area contributed by atoms with Crippen LogP contribution in [0.15, 0.2) is 83.9 Å². The molecule has 230 valence electrons. The number of aromatic hydroxyl groups is 1. The Labute approximate surface area is 265 Å². The van der Waals surface area contributed by atoms with Crippen LogP contribution in [0.3, 0.4) is 0 Å². The number of aromatic nitrogens is 3. The summed E-state index contributed by atoms with van der Waals surface area (Å²) in [5.41, 5.74) is 4.99. The lowest BCUT2D eigenvalue weighted by atomic mass is 10.00. The number of benzene rings is 4. The minimum Gasteiger partial charge on any atom is -0.508 e. The van der Waals surface area contributed by atoms with Crippen molar-refractivity contribution in [3.8, 4) is 17.2 Å². The van der Waals surface area contributed by atoms with Crippen molar-refractivity contribution in [1.82, 2.24) is 25.4 Å². The van der Waals surface area contributed by atoms with Crippen LogP contribution in [0.2, 0.25) is 5.02 Å². The standard InChI is InChI=1S/C18H15ClN4O.C16H18N2O3/c1-11-21-22-17-10-20-18(12-3-5-13(19)6-4-12)15-9-14(24-2)7-8-16(15)23(11)17;1-11(19)18-10-16(21)17-7-6-12-2-3-14-9-15(20)5-4-13(14)8-12/h3-9H,10H2,1-2H3;2-5,8-9,20H,6-7,10H2,1H3,(H,17,21)(H,18,19). The lowest BCUT2D eigenvalue weighted by Crippen LogP contribution is -2.36. The van der Waals surface area contributed by atoms with Crippen LogP contribution in [0.25, 0.3) is 16.5 Å². The van der Waals surface area contributed by atoms with Gasteiger partial charge in [0.15, 0.2) is 5.82 Å². The first-order valence-electron chi connectivity index (χ1n) is 14.3. The van der Waals surface area contributed by atoms with E-state index in [0.29, 0.717) is 24.5 Å². The van der Waals surface area contributed by atoms with Gasteiger partial charge in [-0.15, -0.1) is 10.2 Å². The van der Waals surface area contributed by atoms with E-state index in [1.807, 2.05) is 78.2 Å². The molecule has 0 atom stereocenters. The minimum absolute atomic E-state index is 0.00628. The van der Waals surface area contributed by atoms with E-state index in [9.17, 15) is 14.7 Å². The fourth-order valence-electron chi connectivity index (χ4n) is 4.99. The van der Waals surface area contributed by atoms with Crippen LogP contribution in [0.4, 0.5) is 0 Å².